The van der Waals surface area contributed by atoms with Crippen molar-refractivity contribution >= 4 is 28.9 Å². The number of ether oxygens (including phenoxy) is 1. The second-order valence-electron chi connectivity index (χ2n) is 4.58. The first-order valence-corrected chi connectivity index (χ1v) is 6.57. The molecule has 0 atom stereocenters. The minimum atomic E-state index is -0.422. The van der Waals surface area contributed by atoms with Crippen molar-refractivity contribution < 1.29 is 18.3 Å². The third-order valence-electron chi connectivity index (χ3n) is 3.00. The van der Waals surface area contributed by atoms with Gasteiger partial charge in [0.05, 0.1) is 5.02 Å². The summed E-state index contributed by atoms with van der Waals surface area (Å²) in [7, 11) is 0. The second kappa shape index (κ2) is 5.22. The average molecular weight is 305 g/mol. The highest BCUT2D eigenvalue weighted by atomic mass is 35.5. The van der Waals surface area contributed by atoms with E-state index in [4.69, 9.17) is 20.8 Å². The van der Waals surface area contributed by atoms with E-state index in [1.54, 1.807) is 19.1 Å². The predicted molar refractivity (Wildman–Crippen MR) is 77.8 cm³/mol. The maximum atomic E-state index is 13.6. The van der Waals surface area contributed by atoms with E-state index in [9.17, 15) is 9.18 Å². The Hall–Kier alpha value is -2.33. The Morgan fingerprint density at radius 3 is 2.76 bits per heavy atom. The minimum absolute atomic E-state index is 0.257. The molecule has 2 aromatic carbocycles. The van der Waals surface area contributed by atoms with Crippen LogP contribution < -0.4 is 4.74 Å². The molecule has 0 bridgehead atoms. The molecule has 0 saturated heterocycles. The zero-order valence-corrected chi connectivity index (χ0v) is 11.8. The highest BCUT2D eigenvalue weighted by molar-refractivity contribution is 6.33. The molecule has 3 nitrogen and oxygen atoms in total. The van der Waals surface area contributed by atoms with Gasteiger partial charge in [-0.3, -0.25) is 4.79 Å². The molecule has 1 heterocycles. The summed E-state index contributed by atoms with van der Waals surface area (Å²) >= 11 is 5.94. The number of aldehydes is 1. The average Bonchev–Trinajstić information content (AvgIpc) is 2.79. The summed E-state index contributed by atoms with van der Waals surface area (Å²) in [6.45, 7) is 1.78. The van der Waals surface area contributed by atoms with Gasteiger partial charge in [0, 0.05) is 23.1 Å². The van der Waals surface area contributed by atoms with Gasteiger partial charge in [-0.2, -0.15) is 0 Å². The number of fused-ring (bicyclic) bond motifs is 1. The highest BCUT2D eigenvalue weighted by Gasteiger charge is 2.12. The van der Waals surface area contributed by atoms with E-state index in [0.717, 1.165) is 0 Å². The molecule has 3 aromatic rings. The molecule has 0 fully saturated rings. The minimum Gasteiger partial charge on any atom is -0.457 e. The number of rotatable bonds is 3. The van der Waals surface area contributed by atoms with Crippen LogP contribution in [0.25, 0.3) is 11.0 Å². The fourth-order valence-electron chi connectivity index (χ4n) is 2.08. The lowest BCUT2D eigenvalue weighted by Crippen LogP contribution is -1.88. The molecular weight excluding hydrogens is 295 g/mol. The fraction of sp³-hybridized carbons (Fsp3) is 0.0625. The summed E-state index contributed by atoms with van der Waals surface area (Å²) in [4.78, 5) is 10.7. The van der Waals surface area contributed by atoms with E-state index in [-0.39, 0.29) is 10.8 Å². The van der Waals surface area contributed by atoms with E-state index in [1.165, 1.54) is 24.3 Å². The van der Waals surface area contributed by atoms with Crippen molar-refractivity contribution in [2.24, 2.45) is 0 Å². The van der Waals surface area contributed by atoms with Crippen LogP contribution in [0.2, 0.25) is 5.02 Å². The Morgan fingerprint density at radius 2 is 2.05 bits per heavy atom. The van der Waals surface area contributed by atoms with Crippen LogP contribution in [0.4, 0.5) is 4.39 Å². The molecule has 0 radical (unpaired) electrons. The SMILES string of the molecule is Cc1cc2cc(F)cc(Oc3ccc(C=O)c(Cl)c3)c2o1. The van der Waals surface area contributed by atoms with Crippen LogP contribution >= 0.6 is 11.6 Å². The van der Waals surface area contributed by atoms with E-state index >= 15 is 0 Å². The van der Waals surface area contributed by atoms with Gasteiger partial charge >= 0.3 is 0 Å². The molecule has 0 amide bonds. The third-order valence-corrected chi connectivity index (χ3v) is 3.32. The Morgan fingerprint density at radius 1 is 1.24 bits per heavy atom. The number of carbonyl (C=O) groups excluding carboxylic acids is 1. The molecular formula is C16H10ClFO3. The maximum Gasteiger partial charge on any atom is 0.176 e. The molecule has 3 rings (SSSR count). The van der Waals surface area contributed by atoms with Crippen LogP contribution in [0.3, 0.4) is 0 Å². The molecule has 106 valence electrons. The van der Waals surface area contributed by atoms with Crippen molar-refractivity contribution in [3.05, 3.63) is 58.6 Å². The van der Waals surface area contributed by atoms with Crippen molar-refractivity contribution in [1.29, 1.82) is 0 Å². The Bertz CT molecular complexity index is 839. The largest absolute Gasteiger partial charge is 0.457 e. The van der Waals surface area contributed by atoms with E-state index < -0.39 is 5.82 Å². The molecule has 0 aliphatic heterocycles. The first-order chi connectivity index (χ1) is 10.1. The number of hydrogen-bond acceptors (Lipinski definition) is 3. The number of aryl methyl sites for hydroxylation is 1. The molecule has 0 aliphatic carbocycles. The third kappa shape index (κ3) is 2.62. The van der Waals surface area contributed by atoms with Gasteiger partial charge < -0.3 is 9.15 Å². The van der Waals surface area contributed by atoms with E-state index in [0.29, 0.717) is 34.3 Å². The first kappa shape index (κ1) is 13.6. The number of furan rings is 1. The summed E-state index contributed by atoms with van der Waals surface area (Å²) in [5.41, 5.74) is 0.826. The number of benzene rings is 2. The number of carbonyl (C=O) groups is 1. The lowest BCUT2D eigenvalue weighted by atomic mass is 10.2. The van der Waals surface area contributed by atoms with Crippen LogP contribution in [-0.4, -0.2) is 6.29 Å². The van der Waals surface area contributed by atoms with Crippen molar-refractivity contribution in [2.45, 2.75) is 6.92 Å². The summed E-state index contributed by atoms with van der Waals surface area (Å²) in [6, 6.07) is 8.97. The van der Waals surface area contributed by atoms with Crippen molar-refractivity contribution in [1.82, 2.24) is 0 Å². The van der Waals surface area contributed by atoms with Crippen LogP contribution in [0.5, 0.6) is 11.5 Å². The van der Waals surface area contributed by atoms with Gasteiger partial charge in [0.25, 0.3) is 0 Å². The van der Waals surface area contributed by atoms with Gasteiger partial charge in [-0.1, -0.05) is 11.6 Å². The van der Waals surface area contributed by atoms with Crippen molar-refractivity contribution in [2.75, 3.05) is 0 Å². The smallest absolute Gasteiger partial charge is 0.176 e. The van der Waals surface area contributed by atoms with E-state index in [2.05, 4.69) is 0 Å². The summed E-state index contributed by atoms with van der Waals surface area (Å²) < 4.78 is 24.8. The molecule has 0 unspecified atom stereocenters. The van der Waals surface area contributed by atoms with Gasteiger partial charge in [-0.15, -0.1) is 0 Å². The molecule has 1 aromatic heterocycles. The maximum absolute atomic E-state index is 13.6. The number of halogens is 2. The van der Waals surface area contributed by atoms with Crippen LogP contribution in [0, 0.1) is 12.7 Å². The van der Waals surface area contributed by atoms with Crippen LogP contribution in [-0.2, 0) is 0 Å². The van der Waals surface area contributed by atoms with Crippen LogP contribution in [0.1, 0.15) is 16.1 Å². The summed E-state index contributed by atoms with van der Waals surface area (Å²) in [5, 5.41) is 0.892. The molecule has 0 spiro atoms. The standard InChI is InChI=1S/C16H10ClFO3/c1-9-4-11-5-12(18)6-15(16(11)20-9)21-13-3-2-10(8-19)14(17)7-13/h2-8H,1H3. The monoisotopic (exact) mass is 304 g/mol. The predicted octanol–water partition coefficient (Wildman–Crippen LogP) is 5.14. The lowest BCUT2D eigenvalue weighted by molar-refractivity contribution is 0.112. The second-order valence-corrected chi connectivity index (χ2v) is 4.99. The number of hydrogen-bond donors (Lipinski definition) is 0. The topological polar surface area (TPSA) is 39.4 Å². The summed E-state index contributed by atoms with van der Waals surface area (Å²) in [6.07, 6.45) is 0.655. The zero-order valence-electron chi connectivity index (χ0n) is 11.0. The van der Waals surface area contributed by atoms with Crippen molar-refractivity contribution in [3.63, 3.8) is 0 Å². The van der Waals surface area contributed by atoms with Gasteiger partial charge in [0.15, 0.2) is 17.6 Å². The Labute approximate surface area is 124 Å². The zero-order chi connectivity index (χ0) is 15.0. The van der Waals surface area contributed by atoms with E-state index in [1.807, 2.05) is 0 Å². The first-order valence-electron chi connectivity index (χ1n) is 6.19. The van der Waals surface area contributed by atoms with Gasteiger partial charge in [-0.05, 0) is 31.2 Å². The quantitative estimate of drug-likeness (QED) is 0.629. The molecule has 21 heavy (non-hydrogen) atoms. The highest BCUT2D eigenvalue weighted by Crippen LogP contribution is 2.34. The summed E-state index contributed by atoms with van der Waals surface area (Å²) in [5.74, 6) is 0.892. The molecule has 0 N–H and O–H groups in total. The lowest BCUT2D eigenvalue weighted by Gasteiger charge is -2.07. The Balaban J connectivity index is 2.05. The fourth-order valence-corrected chi connectivity index (χ4v) is 2.30. The Kier molecular flexibility index (Phi) is 3.39. The van der Waals surface area contributed by atoms with Gasteiger partial charge in [0.1, 0.15) is 17.3 Å². The molecule has 0 aliphatic rings. The van der Waals surface area contributed by atoms with Crippen LogP contribution in [0.15, 0.2) is 40.8 Å². The van der Waals surface area contributed by atoms with Gasteiger partial charge in [0.2, 0.25) is 0 Å². The normalized spacial score (nSPS) is 10.8. The van der Waals surface area contributed by atoms with Gasteiger partial charge in [-0.25, -0.2) is 4.39 Å². The van der Waals surface area contributed by atoms with Crippen molar-refractivity contribution in [3.8, 4) is 11.5 Å². The molecule has 0 saturated carbocycles. The molecule has 5 heteroatoms.